The van der Waals surface area contributed by atoms with E-state index >= 15 is 0 Å². The molecular weight excluding hydrogens is 921 g/mol. The van der Waals surface area contributed by atoms with Crippen LogP contribution in [-0.4, -0.2) is 78.2 Å². The largest absolute Gasteiger partial charge is 0.448 e. The fraction of sp³-hybridized carbons (Fsp3) is 0.160. The number of amides is 2. The average Bonchev–Trinajstić information content (AvgIpc) is 3.85. The van der Waals surface area contributed by atoms with E-state index in [1.54, 1.807) is 5.38 Å². The minimum Gasteiger partial charge on any atom is -0.448 e. The third-order valence-corrected chi connectivity index (χ3v) is 14.6. The highest BCUT2D eigenvalue weighted by Crippen LogP contribution is 2.44. The molecule has 2 atom stereocenters. The molecular formula is C50H42N8O7S3. The van der Waals surface area contributed by atoms with Crippen LogP contribution in [0.2, 0.25) is 0 Å². The minimum absolute atomic E-state index is 0.0165. The maximum Gasteiger partial charge on any atom is 0.356 e. The van der Waals surface area contributed by atoms with E-state index in [-0.39, 0.29) is 33.8 Å². The van der Waals surface area contributed by atoms with Crippen molar-refractivity contribution >= 4 is 63.5 Å². The Morgan fingerprint density at radius 3 is 1.93 bits per heavy atom. The van der Waals surface area contributed by atoms with Gasteiger partial charge in [-0.3, -0.25) is 28.6 Å². The van der Waals surface area contributed by atoms with Crippen molar-refractivity contribution < 1.29 is 24.0 Å². The molecule has 2 aliphatic rings. The Morgan fingerprint density at radius 1 is 0.838 bits per heavy atom. The number of esters is 1. The second-order valence-electron chi connectivity index (χ2n) is 15.5. The monoisotopic (exact) mass is 962 g/mol. The molecule has 5 aromatic carbocycles. The molecule has 0 saturated carbocycles. The predicted octanol–water partition coefficient (Wildman–Crippen LogP) is 6.46. The summed E-state index contributed by atoms with van der Waals surface area (Å²) in [7, 11) is 2.74. The van der Waals surface area contributed by atoms with Crippen LogP contribution in [-0.2, 0) is 36.5 Å². The Kier molecular flexibility index (Phi) is 13.5. The molecule has 2 aliphatic heterocycles. The second kappa shape index (κ2) is 20.1. The molecule has 15 nitrogen and oxygen atoms in total. The van der Waals surface area contributed by atoms with E-state index in [0.717, 1.165) is 33.0 Å². The van der Waals surface area contributed by atoms with E-state index < -0.39 is 52.0 Å². The number of nitrogens with zero attached hydrogens (tertiary/aromatic N) is 5. The lowest BCUT2D eigenvalue weighted by Gasteiger charge is -2.49. The molecule has 9 rings (SSSR count). The Hall–Kier alpha value is -7.54. The van der Waals surface area contributed by atoms with Crippen LogP contribution in [0.4, 0.5) is 5.13 Å². The van der Waals surface area contributed by atoms with E-state index in [4.69, 9.17) is 14.6 Å². The lowest BCUT2D eigenvalue weighted by molar-refractivity contribution is -0.154. The first-order valence-electron chi connectivity index (χ1n) is 21.3. The number of nitrogens with one attached hydrogen (secondary N) is 3. The molecule has 342 valence electrons. The van der Waals surface area contributed by atoms with Crippen molar-refractivity contribution in [3.63, 3.8) is 0 Å². The van der Waals surface area contributed by atoms with E-state index in [2.05, 4.69) is 62.4 Å². The molecule has 0 radical (unpaired) electrons. The number of thioether (sulfide) groups is 2. The van der Waals surface area contributed by atoms with Gasteiger partial charge in [0.05, 0.1) is 0 Å². The van der Waals surface area contributed by atoms with Gasteiger partial charge in [-0.2, -0.15) is 0 Å². The smallest absolute Gasteiger partial charge is 0.356 e. The number of β-lactam (4-membered cyclic amide) rings is 1. The van der Waals surface area contributed by atoms with Gasteiger partial charge in [0.2, 0.25) is 0 Å². The molecule has 1 saturated heterocycles. The normalized spacial score (nSPS) is 15.9. The fourth-order valence-electron chi connectivity index (χ4n) is 8.16. The third kappa shape index (κ3) is 9.00. The first-order valence-corrected chi connectivity index (χ1v) is 24.2. The number of anilines is 1. The number of benzene rings is 5. The van der Waals surface area contributed by atoms with Crippen LogP contribution in [0.5, 0.6) is 0 Å². The molecule has 2 aromatic heterocycles. The minimum atomic E-state index is -1.06. The second-order valence-corrected chi connectivity index (χ2v) is 18.4. The van der Waals surface area contributed by atoms with E-state index in [1.807, 2.05) is 115 Å². The van der Waals surface area contributed by atoms with Crippen LogP contribution in [0.25, 0.3) is 0 Å². The lowest BCUT2D eigenvalue weighted by atomic mass is 9.77. The van der Waals surface area contributed by atoms with Gasteiger partial charge in [-0.25, -0.2) is 14.9 Å². The maximum atomic E-state index is 14.6. The summed E-state index contributed by atoms with van der Waals surface area (Å²) in [6.07, 6.45) is -0.823. The molecule has 2 amide bonds. The molecule has 4 heterocycles. The van der Waals surface area contributed by atoms with Crippen molar-refractivity contribution in [1.29, 1.82) is 0 Å². The summed E-state index contributed by atoms with van der Waals surface area (Å²) >= 11 is 3.74. The highest BCUT2D eigenvalue weighted by Gasteiger charge is 2.55. The van der Waals surface area contributed by atoms with Crippen LogP contribution in [0.3, 0.4) is 0 Å². The number of carbonyl (C=O) groups excluding carboxylic acids is 3. The average molecular weight is 963 g/mol. The Bertz CT molecular complexity index is 3000. The Morgan fingerprint density at radius 2 is 1.38 bits per heavy atom. The predicted molar refractivity (Wildman–Crippen MR) is 262 cm³/mol. The van der Waals surface area contributed by atoms with Gasteiger partial charge in [-0.05, 0) is 33.4 Å². The van der Waals surface area contributed by atoms with E-state index in [0.29, 0.717) is 21.8 Å². The van der Waals surface area contributed by atoms with Crippen LogP contribution in [0.1, 0.15) is 39.6 Å². The van der Waals surface area contributed by atoms with Crippen LogP contribution in [0.15, 0.2) is 188 Å². The zero-order valence-corrected chi connectivity index (χ0v) is 38.9. The number of rotatable bonds is 16. The number of thiazole rings is 1. The Labute approximate surface area is 402 Å². The number of carbonyl (C=O) groups is 3. The number of aromatic nitrogens is 4. The highest BCUT2D eigenvalue weighted by molar-refractivity contribution is 8.01. The van der Waals surface area contributed by atoms with Gasteiger partial charge in [0, 0.05) is 23.9 Å². The summed E-state index contributed by atoms with van der Waals surface area (Å²) in [6.45, 7) is 0. The first-order chi connectivity index (χ1) is 33.2. The zero-order valence-electron chi connectivity index (χ0n) is 36.5. The van der Waals surface area contributed by atoms with Crippen molar-refractivity contribution in [2.75, 3.05) is 23.9 Å². The molecule has 3 N–H and O–H groups in total. The highest BCUT2D eigenvalue weighted by atomic mass is 32.2. The molecule has 0 bridgehead atoms. The summed E-state index contributed by atoms with van der Waals surface area (Å²) in [4.78, 5) is 79.0. The summed E-state index contributed by atoms with van der Waals surface area (Å²) in [5.74, 6) is -1.65. The summed E-state index contributed by atoms with van der Waals surface area (Å²) in [6, 6.07) is 47.5. The van der Waals surface area contributed by atoms with Gasteiger partial charge >= 0.3 is 17.1 Å². The quantitative estimate of drug-likeness (QED) is 0.0183. The van der Waals surface area contributed by atoms with Crippen LogP contribution in [0, 0.1) is 0 Å². The van der Waals surface area contributed by atoms with Crippen LogP contribution < -0.4 is 21.8 Å². The summed E-state index contributed by atoms with van der Waals surface area (Å²) in [5, 5.41) is 18.6. The van der Waals surface area contributed by atoms with Gasteiger partial charge in [-0.1, -0.05) is 169 Å². The standard InChI is InChI=1S/C50H42N8O7S3/c1-57-45(62)43(60)54-55-49(57)68-29-33-28-66-46-39(44(61)58(46)40(33)47(63)65-41(31-18-8-3-9-19-31)32-20-10-4-11-21-32)52-42(59)38(56-64-2)37-30-67-48(51-37)53-50(34-22-12-5-13-23-34,35-24-14-6-15-25-35)36-26-16-7-17-27-36/h3-27,30,39,41,46H,28-29H2,1-2H3,(H,51,53)(H,52,59)(H,54,60)/t39?,46-/m0/s1. The molecule has 7 aromatic rings. The zero-order chi connectivity index (χ0) is 47.2. The summed E-state index contributed by atoms with van der Waals surface area (Å²) in [5.41, 5.74) is 2.36. The van der Waals surface area contributed by atoms with Crippen LogP contribution >= 0.6 is 34.9 Å². The van der Waals surface area contributed by atoms with Crippen molar-refractivity contribution in [3.05, 3.63) is 223 Å². The van der Waals surface area contributed by atoms with Gasteiger partial charge in [0.1, 0.15) is 35.5 Å². The number of hydrogen-bond donors (Lipinski definition) is 3. The number of aromatic amines is 1. The number of oxime groups is 1. The maximum absolute atomic E-state index is 14.6. The number of H-pyrrole nitrogens is 1. The molecule has 68 heavy (non-hydrogen) atoms. The van der Waals surface area contributed by atoms with Gasteiger partial charge in [0.25, 0.3) is 11.8 Å². The van der Waals surface area contributed by atoms with Gasteiger partial charge in [-0.15, -0.1) is 28.2 Å². The number of ether oxygens (including phenoxy) is 1. The first kappa shape index (κ1) is 45.6. The van der Waals surface area contributed by atoms with Crippen molar-refractivity contribution in [1.82, 2.24) is 30.0 Å². The molecule has 0 spiro atoms. The molecule has 1 unspecified atom stereocenters. The molecule has 1 fully saturated rings. The molecule has 0 aliphatic carbocycles. The third-order valence-electron chi connectivity index (χ3n) is 11.4. The fourth-order valence-corrected chi connectivity index (χ4v) is 11.3. The number of fused-ring (bicyclic) bond motifs is 1. The van der Waals surface area contributed by atoms with E-state index in [1.165, 1.54) is 42.2 Å². The van der Waals surface area contributed by atoms with E-state index in [9.17, 15) is 24.0 Å². The summed E-state index contributed by atoms with van der Waals surface area (Å²) < 4.78 is 7.43. The van der Waals surface area contributed by atoms with Crippen molar-refractivity contribution in [2.24, 2.45) is 12.2 Å². The van der Waals surface area contributed by atoms with Gasteiger partial charge in [0.15, 0.2) is 22.1 Å². The lowest BCUT2D eigenvalue weighted by Crippen LogP contribution is -2.71. The SMILES string of the molecule is CON=C(C(=O)NC1C(=O)N2C(C(=O)OC(c3ccccc3)c3ccccc3)=C(CSc3n[nH]c(=O)c(=O)n3C)CS[C@@H]12)c1csc(NC(c2ccccc2)(c2ccccc2)c2ccccc2)n1. The number of hydrogen-bond acceptors (Lipinski definition) is 14. The topological polar surface area (TPSA) is 190 Å². The Balaban J connectivity index is 0.995. The van der Waals surface area contributed by atoms with Gasteiger partial charge < -0.3 is 20.2 Å². The molecule has 18 heteroatoms. The van der Waals surface area contributed by atoms with Crippen molar-refractivity contribution in [2.45, 2.75) is 28.2 Å². The van der Waals surface area contributed by atoms with Crippen molar-refractivity contribution in [3.8, 4) is 0 Å².